The number of halogens is 1. The van der Waals surface area contributed by atoms with Gasteiger partial charge in [0, 0.05) is 13.1 Å². The number of hydrogen-bond acceptors (Lipinski definition) is 3. The van der Waals surface area contributed by atoms with Crippen molar-refractivity contribution in [2.45, 2.75) is 19.0 Å². The SMILES string of the molecule is O=C(ON1CC(F)C1)N1CCCC1. The second kappa shape index (κ2) is 3.49. The third-order valence-corrected chi connectivity index (χ3v) is 2.37. The molecule has 2 aliphatic heterocycles. The van der Waals surface area contributed by atoms with Gasteiger partial charge in [0.05, 0.1) is 13.1 Å². The van der Waals surface area contributed by atoms with Crippen molar-refractivity contribution >= 4 is 6.09 Å². The Morgan fingerprint density at radius 1 is 1.31 bits per heavy atom. The van der Waals surface area contributed by atoms with Crippen molar-refractivity contribution in [2.75, 3.05) is 26.2 Å². The lowest BCUT2D eigenvalue weighted by Gasteiger charge is -2.33. The lowest BCUT2D eigenvalue weighted by Crippen LogP contribution is -2.50. The summed E-state index contributed by atoms with van der Waals surface area (Å²) >= 11 is 0. The molecule has 2 heterocycles. The summed E-state index contributed by atoms with van der Waals surface area (Å²) in [5.74, 6) is 0. The molecular weight excluding hydrogens is 175 g/mol. The van der Waals surface area contributed by atoms with Gasteiger partial charge in [0.2, 0.25) is 0 Å². The van der Waals surface area contributed by atoms with E-state index in [0.29, 0.717) is 0 Å². The van der Waals surface area contributed by atoms with E-state index in [1.807, 2.05) is 0 Å². The Labute approximate surface area is 76.2 Å². The Bertz CT molecular complexity index is 200. The molecule has 2 rings (SSSR count). The molecule has 2 saturated heterocycles. The van der Waals surface area contributed by atoms with Crippen LogP contribution in [0.1, 0.15) is 12.8 Å². The first-order chi connectivity index (χ1) is 6.25. The molecule has 5 heteroatoms. The van der Waals surface area contributed by atoms with Crippen molar-refractivity contribution in [2.24, 2.45) is 0 Å². The molecule has 2 aliphatic rings. The summed E-state index contributed by atoms with van der Waals surface area (Å²) in [5.41, 5.74) is 0. The minimum absolute atomic E-state index is 0.222. The van der Waals surface area contributed by atoms with E-state index in [4.69, 9.17) is 4.84 Å². The van der Waals surface area contributed by atoms with E-state index < -0.39 is 6.17 Å². The molecule has 0 aliphatic carbocycles. The van der Waals surface area contributed by atoms with E-state index in [1.165, 1.54) is 5.06 Å². The average Bonchev–Trinajstić information content (AvgIpc) is 2.53. The van der Waals surface area contributed by atoms with Crippen molar-refractivity contribution in [1.29, 1.82) is 0 Å². The second-order valence-electron chi connectivity index (χ2n) is 3.50. The van der Waals surface area contributed by atoms with Gasteiger partial charge in [-0.3, -0.25) is 0 Å². The molecular formula is C8H13FN2O2. The lowest BCUT2D eigenvalue weighted by atomic mass is 10.2. The molecule has 1 amide bonds. The fourth-order valence-electron chi connectivity index (χ4n) is 1.53. The van der Waals surface area contributed by atoms with Crippen molar-refractivity contribution < 1.29 is 14.0 Å². The standard InChI is InChI=1S/C8H13FN2O2/c9-7-5-11(6-7)13-8(12)10-3-1-2-4-10/h7H,1-6H2. The minimum atomic E-state index is -0.827. The van der Waals surface area contributed by atoms with Crippen LogP contribution >= 0.6 is 0 Å². The summed E-state index contributed by atoms with van der Waals surface area (Å²) in [4.78, 5) is 17.9. The summed E-state index contributed by atoms with van der Waals surface area (Å²) in [6, 6.07) is 0. The van der Waals surface area contributed by atoms with Crippen molar-refractivity contribution in [3.8, 4) is 0 Å². The summed E-state index contributed by atoms with van der Waals surface area (Å²) in [6.45, 7) is 1.98. The molecule has 2 fully saturated rings. The molecule has 0 aromatic carbocycles. The highest BCUT2D eigenvalue weighted by atomic mass is 19.1. The molecule has 13 heavy (non-hydrogen) atoms. The monoisotopic (exact) mass is 188 g/mol. The number of carbonyl (C=O) groups excluding carboxylic acids is 1. The maximum absolute atomic E-state index is 12.3. The third kappa shape index (κ3) is 1.91. The van der Waals surface area contributed by atoms with Crippen LogP contribution in [0.2, 0.25) is 0 Å². The molecule has 0 atom stereocenters. The van der Waals surface area contributed by atoms with Crippen LogP contribution in [-0.4, -0.2) is 48.4 Å². The molecule has 0 N–H and O–H groups in total. The Kier molecular flexibility index (Phi) is 2.35. The maximum Gasteiger partial charge on any atom is 0.428 e. The smallest absolute Gasteiger partial charge is 0.351 e. The van der Waals surface area contributed by atoms with E-state index in [1.54, 1.807) is 4.90 Å². The van der Waals surface area contributed by atoms with Crippen LogP contribution in [0.25, 0.3) is 0 Å². The van der Waals surface area contributed by atoms with Crippen molar-refractivity contribution in [1.82, 2.24) is 9.96 Å². The zero-order valence-electron chi connectivity index (χ0n) is 7.41. The Hall–Kier alpha value is -0.840. The number of rotatable bonds is 1. The second-order valence-corrected chi connectivity index (χ2v) is 3.50. The Morgan fingerprint density at radius 2 is 1.92 bits per heavy atom. The lowest BCUT2D eigenvalue weighted by molar-refractivity contribution is -0.179. The van der Waals surface area contributed by atoms with Gasteiger partial charge in [-0.05, 0) is 12.8 Å². The highest BCUT2D eigenvalue weighted by Gasteiger charge is 2.31. The summed E-state index contributed by atoms with van der Waals surface area (Å²) in [5, 5.41) is 1.37. The quantitative estimate of drug-likeness (QED) is 0.609. The van der Waals surface area contributed by atoms with Crippen LogP contribution in [0.15, 0.2) is 0 Å². The highest BCUT2D eigenvalue weighted by Crippen LogP contribution is 2.15. The molecule has 0 aromatic rings. The zero-order valence-corrected chi connectivity index (χ0v) is 7.41. The molecule has 0 bridgehead atoms. The number of hydrogen-bond donors (Lipinski definition) is 0. The van der Waals surface area contributed by atoms with Crippen LogP contribution < -0.4 is 0 Å². The molecule has 0 aromatic heterocycles. The van der Waals surface area contributed by atoms with E-state index in [-0.39, 0.29) is 19.2 Å². The van der Waals surface area contributed by atoms with E-state index >= 15 is 0 Å². The fraction of sp³-hybridized carbons (Fsp3) is 0.875. The predicted octanol–water partition coefficient (Wildman–Crippen LogP) is 0.787. The Morgan fingerprint density at radius 3 is 2.46 bits per heavy atom. The number of hydroxylamine groups is 2. The fourth-order valence-corrected chi connectivity index (χ4v) is 1.53. The van der Waals surface area contributed by atoms with E-state index in [9.17, 15) is 9.18 Å². The van der Waals surface area contributed by atoms with Gasteiger partial charge in [0.1, 0.15) is 6.17 Å². The first kappa shape index (κ1) is 8.74. The largest absolute Gasteiger partial charge is 0.428 e. The molecule has 0 unspecified atom stereocenters. The third-order valence-electron chi connectivity index (χ3n) is 2.37. The number of likely N-dealkylation sites (tertiary alicyclic amines) is 1. The first-order valence-corrected chi connectivity index (χ1v) is 4.61. The number of carbonyl (C=O) groups is 1. The van der Waals surface area contributed by atoms with Crippen LogP contribution in [-0.2, 0) is 4.84 Å². The zero-order chi connectivity index (χ0) is 9.26. The van der Waals surface area contributed by atoms with Crippen LogP contribution in [0.5, 0.6) is 0 Å². The molecule has 0 radical (unpaired) electrons. The average molecular weight is 188 g/mol. The molecule has 0 saturated carbocycles. The maximum atomic E-state index is 12.3. The predicted molar refractivity (Wildman–Crippen MR) is 43.8 cm³/mol. The van der Waals surface area contributed by atoms with Gasteiger partial charge in [0.25, 0.3) is 0 Å². The first-order valence-electron chi connectivity index (χ1n) is 4.61. The molecule has 0 spiro atoms. The summed E-state index contributed by atoms with van der Waals surface area (Å²) < 4.78 is 12.3. The Balaban J connectivity index is 1.72. The normalized spacial score (nSPS) is 24.5. The van der Waals surface area contributed by atoms with Gasteiger partial charge in [-0.25, -0.2) is 9.18 Å². The van der Waals surface area contributed by atoms with Crippen LogP contribution in [0, 0.1) is 0 Å². The van der Waals surface area contributed by atoms with Gasteiger partial charge in [-0.15, -0.1) is 5.06 Å². The minimum Gasteiger partial charge on any atom is -0.351 e. The summed E-state index contributed by atoms with van der Waals surface area (Å²) in [7, 11) is 0. The number of alkyl halides is 1. The van der Waals surface area contributed by atoms with Crippen molar-refractivity contribution in [3.63, 3.8) is 0 Å². The molecule has 74 valence electrons. The van der Waals surface area contributed by atoms with Gasteiger partial charge in [-0.2, -0.15) is 0 Å². The van der Waals surface area contributed by atoms with E-state index in [2.05, 4.69) is 0 Å². The molecule has 4 nitrogen and oxygen atoms in total. The van der Waals surface area contributed by atoms with Gasteiger partial charge in [-0.1, -0.05) is 0 Å². The van der Waals surface area contributed by atoms with Crippen molar-refractivity contribution in [3.05, 3.63) is 0 Å². The topological polar surface area (TPSA) is 32.8 Å². The van der Waals surface area contributed by atoms with Crippen LogP contribution in [0.4, 0.5) is 9.18 Å². The number of nitrogens with zero attached hydrogens (tertiary/aromatic N) is 2. The highest BCUT2D eigenvalue weighted by molar-refractivity contribution is 5.67. The van der Waals surface area contributed by atoms with Gasteiger partial charge >= 0.3 is 6.09 Å². The summed E-state index contributed by atoms with van der Waals surface area (Å²) in [6.07, 6.45) is 0.928. The number of amides is 1. The van der Waals surface area contributed by atoms with Gasteiger partial charge in [0.15, 0.2) is 0 Å². The van der Waals surface area contributed by atoms with E-state index in [0.717, 1.165) is 25.9 Å². The van der Waals surface area contributed by atoms with Gasteiger partial charge < -0.3 is 9.74 Å². The van der Waals surface area contributed by atoms with Crippen LogP contribution in [0.3, 0.4) is 0 Å².